The molecule has 0 amide bonds. The second kappa shape index (κ2) is 5.65. The van der Waals surface area contributed by atoms with Crippen molar-refractivity contribution in [1.29, 1.82) is 0 Å². The van der Waals surface area contributed by atoms with Gasteiger partial charge in [0, 0.05) is 31.4 Å². The van der Waals surface area contributed by atoms with Crippen molar-refractivity contribution in [3.63, 3.8) is 0 Å². The Labute approximate surface area is 123 Å². The van der Waals surface area contributed by atoms with Crippen LogP contribution in [0.4, 0.5) is 5.69 Å². The van der Waals surface area contributed by atoms with E-state index < -0.39 is 10.0 Å². The molecule has 0 aliphatic carbocycles. The van der Waals surface area contributed by atoms with Crippen LogP contribution in [0.1, 0.15) is 5.69 Å². The molecule has 0 spiro atoms. The number of nitrogens with zero attached hydrogens (tertiary/aromatic N) is 2. The molecule has 2 rings (SSSR count). The highest BCUT2D eigenvalue weighted by Gasteiger charge is 2.20. The van der Waals surface area contributed by atoms with Crippen LogP contribution in [0.3, 0.4) is 0 Å². The third kappa shape index (κ3) is 3.27. The van der Waals surface area contributed by atoms with Gasteiger partial charge in [-0.2, -0.15) is 5.10 Å². The summed E-state index contributed by atoms with van der Waals surface area (Å²) < 4.78 is 39.0. The van der Waals surface area contributed by atoms with E-state index in [1.54, 1.807) is 32.2 Å². The molecule has 1 heterocycles. The molecule has 0 bridgehead atoms. The number of aryl methyl sites for hydroxylation is 2. The van der Waals surface area contributed by atoms with E-state index >= 15 is 0 Å². The van der Waals surface area contributed by atoms with Crippen LogP contribution in [0.2, 0.25) is 0 Å². The molecule has 0 aliphatic heterocycles. The number of sulfonamides is 1. The first-order valence-corrected chi connectivity index (χ1v) is 7.60. The van der Waals surface area contributed by atoms with Gasteiger partial charge in [-0.05, 0) is 6.92 Å². The Morgan fingerprint density at radius 3 is 2.14 bits per heavy atom. The maximum absolute atomic E-state index is 12.4. The van der Waals surface area contributed by atoms with Crippen molar-refractivity contribution in [3.05, 3.63) is 30.1 Å². The number of ether oxygens (including phenoxy) is 2. The minimum Gasteiger partial charge on any atom is -0.497 e. The molecule has 8 heteroatoms. The van der Waals surface area contributed by atoms with Gasteiger partial charge in [0.1, 0.15) is 16.4 Å². The minimum absolute atomic E-state index is 0.131. The molecule has 1 N–H and O–H groups in total. The van der Waals surface area contributed by atoms with E-state index in [0.29, 0.717) is 22.9 Å². The SMILES string of the molecule is COc1cc(NS(=O)(=O)c2cn(C)nc2C)cc(OC)c1. The van der Waals surface area contributed by atoms with Crippen molar-refractivity contribution in [2.45, 2.75) is 11.8 Å². The van der Waals surface area contributed by atoms with Gasteiger partial charge >= 0.3 is 0 Å². The molecule has 0 saturated heterocycles. The van der Waals surface area contributed by atoms with E-state index in [-0.39, 0.29) is 4.90 Å². The lowest BCUT2D eigenvalue weighted by molar-refractivity contribution is 0.395. The van der Waals surface area contributed by atoms with Gasteiger partial charge in [-0.15, -0.1) is 0 Å². The highest BCUT2D eigenvalue weighted by Crippen LogP contribution is 2.27. The highest BCUT2D eigenvalue weighted by molar-refractivity contribution is 7.92. The summed E-state index contributed by atoms with van der Waals surface area (Å²) in [5, 5.41) is 4.03. The predicted octanol–water partition coefficient (Wildman–Crippen LogP) is 1.55. The Balaban J connectivity index is 2.39. The smallest absolute Gasteiger partial charge is 0.265 e. The number of hydrogen-bond donors (Lipinski definition) is 1. The summed E-state index contributed by atoms with van der Waals surface area (Å²) in [7, 11) is 0.946. The van der Waals surface area contributed by atoms with Crippen LogP contribution < -0.4 is 14.2 Å². The molecule has 0 radical (unpaired) electrons. The molecule has 0 atom stereocenters. The Morgan fingerprint density at radius 1 is 1.14 bits per heavy atom. The van der Waals surface area contributed by atoms with Gasteiger partial charge in [0.2, 0.25) is 0 Å². The van der Waals surface area contributed by atoms with Crippen LogP contribution >= 0.6 is 0 Å². The highest BCUT2D eigenvalue weighted by atomic mass is 32.2. The number of anilines is 1. The summed E-state index contributed by atoms with van der Waals surface area (Å²) in [4.78, 5) is 0.131. The quantitative estimate of drug-likeness (QED) is 0.906. The molecule has 114 valence electrons. The van der Waals surface area contributed by atoms with E-state index in [4.69, 9.17) is 9.47 Å². The third-order valence-electron chi connectivity index (χ3n) is 2.86. The van der Waals surface area contributed by atoms with Crippen molar-refractivity contribution < 1.29 is 17.9 Å². The Kier molecular flexibility index (Phi) is 4.08. The molecular formula is C13H17N3O4S. The zero-order valence-electron chi connectivity index (χ0n) is 12.2. The Bertz CT molecular complexity index is 731. The number of nitrogens with one attached hydrogen (secondary N) is 1. The van der Waals surface area contributed by atoms with Gasteiger partial charge in [0.15, 0.2) is 0 Å². The minimum atomic E-state index is -3.72. The van der Waals surface area contributed by atoms with Crippen LogP contribution in [-0.4, -0.2) is 32.4 Å². The van der Waals surface area contributed by atoms with Gasteiger partial charge in [0.25, 0.3) is 10.0 Å². The number of benzene rings is 1. The van der Waals surface area contributed by atoms with Gasteiger partial charge in [-0.3, -0.25) is 9.40 Å². The fourth-order valence-electron chi connectivity index (χ4n) is 1.92. The van der Waals surface area contributed by atoms with Crippen LogP contribution in [0, 0.1) is 6.92 Å². The molecule has 0 aliphatic rings. The molecule has 0 fully saturated rings. The predicted molar refractivity (Wildman–Crippen MR) is 78.3 cm³/mol. The second-order valence-corrected chi connectivity index (χ2v) is 6.11. The molecule has 1 aromatic carbocycles. The van der Waals surface area contributed by atoms with Crippen molar-refractivity contribution in [3.8, 4) is 11.5 Å². The monoisotopic (exact) mass is 311 g/mol. The fraction of sp³-hybridized carbons (Fsp3) is 0.308. The molecule has 21 heavy (non-hydrogen) atoms. The first kappa shape index (κ1) is 15.2. The maximum Gasteiger partial charge on any atom is 0.265 e. The number of aromatic nitrogens is 2. The Morgan fingerprint density at radius 2 is 1.71 bits per heavy atom. The van der Waals surface area contributed by atoms with E-state index in [2.05, 4.69) is 9.82 Å². The van der Waals surface area contributed by atoms with Crippen molar-refractivity contribution in [1.82, 2.24) is 9.78 Å². The van der Waals surface area contributed by atoms with Gasteiger partial charge in [-0.1, -0.05) is 0 Å². The third-order valence-corrected chi connectivity index (χ3v) is 4.35. The number of methoxy groups -OCH3 is 2. The lowest BCUT2D eigenvalue weighted by Crippen LogP contribution is -2.13. The van der Waals surface area contributed by atoms with Crippen LogP contribution in [0.15, 0.2) is 29.3 Å². The molecular weight excluding hydrogens is 294 g/mol. The van der Waals surface area contributed by atoms with Crippen LogP contribution in [-0.2, 0) is 17.1 Å². The zero-order chi connectivity index (χ0) is 15.6. The standard InChI is InChI=1S/C13H17N3O4S/c1-9-13(8-16(2)14-9)21(17,18)15-10-5-11(19-3)7-12(6-10)20-4/h5-8,15H,1-4H3. The number of rotatable bonds is 5. The van der Waals surface area contributed by atoms with E-state index in [1.807, 2.05) is 0 Å². The Hall–Kier alpha value is -2.22. The molecule has 1 aromatic heterocycles. The van der Waals surface area contributed by atoms with Gasteiger partial charge in [-0.25, -0.2) is 8.42 Å². The van der Waals surface area contributed by atoms with Crippen LogP contribution in [0.25, 0.3) is 0 Å². The summed E-state index contributed by atoms with van der Waals surface area (Å²) >= 11 is 0. The summed E-state index contributed by atoms with van der Waals surface area (Å²) in [5.74, 6) is 0.991. The topological polar surface area (TPSA) is 82.5 Å². The summed E-state index contributed by atoms with van der Waals surface area (Å²) in [6.45, 7) is 1.64. The van der Waals surface area contributed by atoms with Crippen molar-refractivity contribution in [2.24, 2.45) is 7.05 Å². The van der Waals surface area contributed by atoms with E-state index in [0.717, 1.165) is 0 Å². The second-order valence-electron chi connectivity index (χ2n) is 4.46. The molecule has 0 saturated carbocycles. The van der Waals surface area contributed by atoms with Crippen molar-refractivity contribution in [2.75, 3.05) is 18.9 Å². The molecule has 0 unspecified atom stereocenters. The van der Waals surface area contributed by atoms with Gasteiger partial charge < -0.3 is 9.47 Å². The fourth-order valence-corrected chi connectivity index (χ4v) is 3.18. The largest absolute Gasteiger partial charge is 0.497 e. The summed E-state index contributed by atoms with van der Waals surface area (Å²) in [5.41, 5.74) is 0.786. The summed E-state index contributed by atoms with van der Waals surface area (Å²) in [6.07, 6.45) is 1.45. The lowest BCUT2D eigenvalue weighted by atomic mass is 10.3. The van der Waals surface area contributed by atoms with Gasteiger partial charge in [0.05, 0.1) is 25.6 Å². The van der Waals surface area contributed by atoms with Crippen molar-refractivity contribution >= 4 is 15.7 Å². The maximum atomic E-state index is 12.4. The molecule has 7 nitrogen and oxygen atoms in total. The van der Waals surface area contributed by atoms with Crippen LogP contribution in [0.5, 0.6) is 11.5 Å². The number of hydrogen-bond acceptors (Lipinski definition) is 5. The lowest BCUT2D eigenvalue weighted by Gasteiger charge is -2.10. The summed E-state index contributed by atoms with van der Waals surface area (Å²) in [6, 6.07) is 4.81. The average Bonchev–Trinajstić information content (AvgIpc) is 2.77. The first-order chi connectivity index (χ1) is 9.85. The zero-order valence-corrected chi connectivity index (χ0v) is 13.1. The normalized spacial score (nSPS) is 11.2. The average molecular weight is 311 g/mol. The molecule has 2 aromatic rings. The first-order valence-electron chi connectivity index (χ1n) is 6.12. The van der Waals surface area contributed by atoms with E-state index in [9.17, 15) is 8.42 Å². The van der Waals surface area contributed by atoms with E-state index in [1.165, 1.54) is 25.1 Å².